The number of hydrogen-bond acceptors (Lipinski definition) is 3. The van der Waals surface area contributed by atoms with Gasteiger partial charge >= 0.3 is 6.09 Å². The van der Waals surface area contributed by atoms with Crippen LogP contribution in [0, 0.1) is 0 Å². The molecule has 1 atom stereocenters. The van der Waals surface area contributed by atoms with Gasteiger partial charge in [0, 0.05) is 19.2 Å². The number of amides is 1. The van der Waals surface area contributed by atoms with Crippen LogP contribution in [0.15, 0.2) is 0 Å². The lowest BCUT2D eigenvalue weighted by atomic mass is 10.0. The van der Waals surface area contributed by atoms with Crippen LogP contribution >= 0.6 is 0 Å². The highest BCUT2D eigenvalue weighted by atomic mass is 28.4. The van der Waals surface area contributed by atoms with Gasteiger partial charge in [-0.15, -0.1) is 0 Å². The third-order valence-corrected chi connectivity index (χ3v) is 9.51. The zero-order valence-corrected chi connectivity index (χ0v) is 17.5. The first-order chi connectivity index (χ1) is 10.3. The number of nitrogens with zero attached hydrogens (tertiary/aromatic N) is 1. The standard InChI is InChI=1S/C18H37NO3Si/c1-17(2,3)22-16(20)19-13-10-9-11-15(19)12-14-21-23(7,8)18(4,5)6/h15H,9-14H2,1-8H3. The molecule has 0 aromatic rings. The van der Waals surface area contributed by atoms with Crippen molar-refractivity contribution in [3.8, 4) is 0 Å². The van der Waals surface area contributed by atoms with Gasteiger partial charge < -0.3 is 14.1 Å². The predicted molar refractivity (Wildman–Crippen MR) is 98.3 cm³/mol. The average molecular weight is 344 g/mol. The number of hydrogen-bond donors (Lipinski definition) is 0. The van der Waals surface area contributed by atoms with Crippen LogP contribution in [-0.4, -0.2) is 44.1 Å². The molecule has 1 unspecified atom stereocenters. The summed E-state index contributed by atoms with van der Waals surface area (Å²) in [5.74, 6) is 0. The Morgan fingerprint density at radius 1 is 1.13 bits per heavy atom. The van der Waals surface area contributed by atoms with E-state index in [9.17, 15) is 4.79 Å². The summed E-state index contributed by atoms with van der Waals surface area (Å²) < 4.78 is 11.8. The van der Waals surface area contributed by atoms with E-state index in [2.05, 4.69) is 33.9 Å². The Hall–Kier alpha value is -0.553. The average Bonchev–Trinajstić information content (AvgIpc) is 2.35. The van der Waals surface area contributed by atoms with E-state index in [1.165, 1.54) is 6.42 Å². The molecule has 0 aromatic heterocycles. The summed E-state index contributed by atoms with van der Waals surface area (Å²) in [7, 11) is -1.71. The number of carbonyl (C=O) groups is 1. The largest absolute Gasteiger partial charge is 0.444 e. The van der Waals surface area contributed by atoms with Crippen LogP contribution < -0.4 is 0 Å². The molecule has 0 aliphatic carbocycles. The fourth-order valence-corrected chi connectivity index (χ4v) is 3.59. The summed E-state index contributed by atoms with van der Waals surface area (Å²) in [6.07, 6.45) is 4.05. The van der Waals surface area contributed by atoms with Gasteiger partial charge in [0.15, 0.2) is 8.32 Å². The van der Waals surface area contributed by atoms with Crippen LogP contribution in [0.5, 0.6) is 0 Å². The molecule has 1 amide bonds. The van der Waals surface area contributed by atoms with Crippen LogP contribution in [0.3, 0.4) is 0 Å². The van der Waals surface area contributed by atoms with Crippen molar-refractivity contribution in [1.82, 2.24) is 4.90 Å². The Bertz CT molecular complexity index is 396. The molecule has 0 N–H and O–H groups in total. The molecule has 4 nitrogen and oxygen atoms in total. The first kappa shape index (κ1) is 20.5. The molecule has 0 saturated carbocycles. The molecule has 1 saturated heterocycles. The van der Waals surface area contributed by atoms with Gasteiger partial charge in [-0.3, -0.25) is 0 Å². The van der Waals surface area contributed by atoms with E-state index < -0.39 is 13.9 Å². The maximum absolute atomic E-state index is 12.4. The van der Waals surface area contributed by atoms with Crippen LogP contribution in [0.2, 0.25) is 18.1 Å². The second kappa shape index (κ2) is 7.56. The predicted octanol–water partition coefficient (Wildman–Crippen LogP) is 5.19. The summed E-state index contributed by atoms with van der Waals surface area (Å²) in [5.41, 5.74) is -0.434. The van der Waals surface area contributed by atoms with Crippen molar-refractivity contribution in [1.29, 1.82) is 0 Å². The monoisotopic (exact) mass is 343 g/mol. The lowest BCUT2D eigenvalue weighted by Crippen LogP contribution is -2.47. The first-order valence-electron chi connectivity index (χ1n) is 8.97. The molecule has 136 valence electrons. The first-order valence-corrected chi connectivity index (χ1v) is 11.9. The summed E-state index contributed by atoms with van der Waals surface area (Å²) in [6.45, 7) is 18.6. The van der Waals surface area contributed by atoms with Crippen LogP contribution in [0.4, 0.5) is 4.79 Å². The van der Waals surface area contributed by atoms with Crippen molar-refractivity contribution < 1.29 is 14.0 Å². The number of ether oxygens (including phenoxy) is 1. The number of likely N-dealkylation sites (tertiary alicyclic amines) is 1. The zero-order chi connectivity index (χ0) is 17.9. The lowest BCUT2D eigenvalue weighted by molar-refractivity contribution is 0.00724. The molecule has 0 aromatic carbocycles. The van der Waals surface area contributed by atoms with Gasteiger partial charge in [0.25, 0.3) is 0 Å². The molecule has 5 heteroatoms. The van der Waals surface area contributed by atoms with E-state index in [4.69, 9.17) is 9.16 Å². The summed E-state index contributed by atoms with van der Waals surface area (Å²) in [5, 5.41) is 0.227. The van der Waals surface area contributed by atoms with Gasteiger partial charge in [0.1, 0.15) is 5.60 Å². The van der Waals surface area contributed by atoms with Gasteiger partial charge in [-0.1, -0.05) is 20.8 Å². The number of carbonyl (C=O) groups excluding carboxylic acids is 1. The maximum Gasteiger partial charge on any atom is 0.410 e. The van der Waals surface area contributed by atoms with E-state index in [1.54, 1.807) is 0 Å². The summed E-state index contributed by atoms with van der Waals surface area (Å²) in [6, 6.07) is 0.253. The number of piperidine rings is 1. The molecule has 0 radical (unpaired) electrons. The Kier molecular flexibility index (Phi) is 6.73. The Labute approximate surface area is 144 Å². The van der Waals surface area contributed by atoms with Crippen LogP contribution in [0.1, 0.15) is 67.2 Å². The highest BCUT2D eigenvalue weighted by Crippen LogP contribution is 2.36. The molecule has 0 spiro atoms. The van der Waals surface area contributed by atoms with E-state index >= 15 is 0 Å². The third kappa shape index (κ3) is 6.46. The normalized spacial score (nSPS) is 20.5. The topological polar surface area (TPSA) is 38.8 Å². The van der Waals surface area contributed by atoms with Gasteiger partial charge in [-0.25, -0.2) is 4.79 Å². The van der Waals surface area contributed by atoms with E-state index in [0.29, 0.717) is 0 Å². The van der Waals surface area contributed by atoms with Crippen LogP contribution in [0.25, 0.3) is 0 Å². The van der Waals surface area contributed by atoms with E-state index in [0.717, 1.165) is 32.4 Å². The zero-order valence-electron chi connectivity index (χ0n) is 16.5. The van der Waals surface area contributed by atoms with Crippen molar-refractivity contribution in [3.63, 3.8) is 0 Å². The van der Waals surface area contributed by atoms with Crippen molar-refractivity contribution in [2.45, 2.75) is 97.0 Å². The van der Waals surface area contributed by atoms with Gasteiger partial charge in [0.2, 0.25) is 0 Å². The minimum Gasteiger partial charge on any atom is -0.444 e. The van der Waals surface area contributed by atoms with Crippen molar-refractivity contribution in [3.05, 3.63) is 0 Å². The van der Waals surface area contributed by atoms with E-state index in [1.807, 2.05) is 25.7 Å². The van der Waals surface area contributed by atoms with Gasteiger partial charge in [0.05, 0.1) is 0 Å². The molecule has 23 heavy (non-hydrogen) atoms. The lowest BCUT2D eigenvalue weighted by Gasteiger charge is -2.39. The molecule has 0 bridgehead atoms. The van der Waals surface area contributed by atoms with Crippen molar-refractivity contribution >= 4 is 14.4 Å². The molecule has 1 aliphatic rings. The molecule has 1 rings (SSSR count). The minimum atomic E-state index is -1.71. The third-order valence-electron chi connectivity index (χ3n) is 4.98. The Morgan fingerprint density at radius 3 is 2.26 bits per heavy atom. The van der Waals surface area contributed by atoms with Crippen LogP contribution in [-0.2, 0) is 9.16 Å². The second-order valence-corrected chi connectivity index (χ2v) is 14.0. The molecular weight excluding hydrogens is 306 g/mol. The smallest absolute Gasteiger partial charge is 0.410 e. The number of rotatable bonds is 4. The van der Waals surface area contributed by atoms with Crippen molar-refractivity contribution in [2.75, 3.05) is 13.2 Å². The fourth-order valence-electron chi connectivity index (χ4n) is 2.53. The Morgan fingerprint density at radius 2 is 1.74 bits per heavy atom. The SMILES string of the molecule is CC(C)(C)OC(=O)N1CCCCC1CCO[Si](C)(C)C(C)(C)C. The fraction of sp³-hybridized carbons (Fsp3) is 0.944. The minimum absolute atomic E-state index is 0.172. The highest BCUT2D eigenvalue weighted by Gasteiger charge is 2.37. The highest BCUT2D eigenvalue weighted by molar-refractivity contribution is 6.74. The van der Waals surface area contributed by atoms with Gasteiger partial charge in [-0.2, -0.15) is 0 Å². The quantitative estimate of drug-likeness (QED) is 0.660. The van der Waals surface area contributed by atoms with E-state index in [-0.39, 0.29) is 17.2 Å². The maximum atomic E-state index is 12.4. The second-order valence-electron chi connectivity index (χ2n) is 9.22. The molecule has 1 heterocycles. The van der Waals surface area contributed by atoms with Gasteiger partial charge in [-0.05, 0) is 64.6 Å². The molecular formula is C18H37NO3Si. The summed E-state index contributed by atoms with van der Waals surface area (Å²) in [4.78, 5) is 14.3. The van der Waals surface area contributed by atoms with Crippen molar-refractivity contribution in [2.24, 2.45) is 0 Å². The molecule has 1 fully saturated rings. The Balaban J connectivity index is 2.58. The summed E-state index contributed by atoms with van der Waals surface area (Å²) >= 11 is 0. The molecule has 1 aliphatic heterocycles.